The van der Waals surface area contributed by atoms with Crippen LogP contribution in [0.4, 0.5) is 10.5 Å². The third kappa shape index (κ3) is 17.7. The molecule has 2 aromatic rings. The summed E-state index contributed by atoms with van der Waals surface area (Å²) in [6, 6.07) is 6.92. The molecule has 20 nitrogen and oxygen atoms in total. The number of aromatic nitrogens is 4. The molecular formula is C37H56N10O10S. The SMILES string of the molecule is O=C(O)CCCCNC(=O)c1nnn(-c2ccc(NC(=O)CCC(=O)NCCCOCCOCCOCCCNC(=O)CCCC[C@@H]3SC[C@@H]4NC(=O)N[C@@H]43)cc2)n1. The van der Waals surface area contributed by atoms with Gasteiger partial charge in [-0.25, -0.2) is 4.79 Å². The number of aliphatic carboxylic acids is 1. The number of rotatable bonds is 30. The van der Waals surface area contributed by atoms with Crippen LogP contribution in [0.25, 0.3) is 5.69 Å². The first-order valence-corrected chi connectivity index (χ1v) is 20.9. The van der Waals surface area contributed by atoms with Crippen molar-refractivity contribution in [1.29, 1.82) is 0 Å². The van der Waals surface area contributed by atoms with Gasteiger partial charge in [0.25, 0.3) is 11.7 Å². The average Bonchev–Trinajstić information content (AvgIpc) is 3.94. The normalized spacial score (nSPS) is 16.9. The number of carboxylic acids is 1. The molecule has 0 aliphatic carbocycles. The molecule has 2 fully saturated rings. The van der Waals surface area contributed by atoms with Gasteiger partial charge < -0.3 is 51.2 Å². The zero-order valence-electron chi connectivity index (χ0n) is 32.7. The Hall–Kier alpha value is -4.86. The van der Waals surface area contributed by atoms with E-state index in [1.807, 2.05) is 11.8 Å². The van der Waals surface area contributed by atoms with E-state index in [0.717, 1.165) is 31.4 Å². The van der Waals surface area contributed by atoms with E-state index in [2.05, 4.69) is 47.3 Å². The molecule has 7 N–H and O–H groups in total. The number of nitrogens with zero attached hydrogens (tertiary/aromatic N) is 4. The minimum absolute atomic E-state index is 0.00517. The van der Waals surface area contributed by atoms with E-state index in [1.165, 1.54) is 4.80 Å². The van der Waals surface area contributed by atoms with Gasteiger partial charge in [0, 0.05) is 75.2 Å². The van der Waals surface area contributed by atoms with E-state index in [0.29, 0.717) is 102 Å². The maximum atomic E-state index is 12.4. The van der Waals surface area contributed by atoms with E-state index < -0.39 is 11.9 Å². The summed E-state index contributed by atoms with van der Waals surface area (Å²) in [6.45, 7) is 4.00. The number of hydrogen-bond donors (Lipinski definition) is 7. The molecule has 6 amide bonds. The largest absolute Gasteiger partial charge is 0.481 e. The second-order valence-electron chi connectivity index (χ2n) is 13.7. The molecule has 2 aliphatic rings. The highest BCUT2D eigenvalue weighted by atomic mass is 32.2. The molecule has 2 aliphatic heterocycles. The molecule has 320 valence electrons. The first-order chi connectivity index (χ1) is 28.2. The average molecular weight is 833 g/mol. The lowest BCUT2D eigenvalue weighted by Gasteiger charge is -2.16. The highest BCUT2D eigenvalue weighted by Gasteiger charge is 2.42. The van der Waals surface area contributed by atoms with Gasteiger partial charge in [-0.1, -0.05) is 6.42 Å². The summed E-state index contributed by atoms with van der Waals surface area (Å²) in [5.74, 6) is -1.10. The van der Waals surface area contributed by atoms with Gasteiger partial charge >= 0.3 is 12.0 Å². The Morgan fingerprint density at radius 2 is 1.36 bits per heavy atom. The standard InChI is InChI=1S/C37H56N10O10S/c48-30(8-2-1-7-29-34-28(25-58-29)42-37(54)43-34)38-17-5-19-55-21-23-57-24-22-56-20-6-18-39-31(49)14-15-32(50)41-26-10-12-27(13-11-26)47-45-35(44-46-47)36(53)40-16-4-3-9-33(51)52/h10-13,28-29,34H,1-9,14-25H2,(H,38,48)(H,39,49)(H,40,53)(H,41,50)(H,51,52)(H2,42,43,54)/t28-,29-,34-/m0/s1. The van der Waals surface area contributed by atoms with Gasteiger partial charge in [-0.15, -0.1) is 15.0 Å². The molecule has 2 saturated heterocycles. The fourth-order valence-electron chi connectivity index (χ4n) is 6.02. The number of nitrogens with one attached hydrogen (secondary N) is 6. The lowest BCUT2D eigenvalue weighted by molar-refractivity contribution is -0.137. The molecule has 1 aromatic heterocycles. The van der Waals surface area contributed by atoms with Gasteiger partial charge in [-0.2, -0.15) is 11.8 Å². The number of urea groups is 1. The van der Waals surface area contributed by atoms with Crippen LogP contribution < -0.4 is 31.9 Å². The Bertz CT molecular complexity index is 1610. The van der Waals surface area contributed by atoms with Crippen LogP contribution in [0, 0.1) is 0 Å². The van der Waals surface area contributed by atoms with Crippen LogP contribution in [0.1, 0.15) is 81.2 Å². The minimum atomic E-state index is -0.887. The maximum absolute atomic E-state index is 12.4. The summed E-state index contributed by atoms with van der Waals surface area (Å²) in [5.41, 5.74) is 1.02. The van der Waals surface area contributed by atoms with E-state index in [4.69, 9.17) is 19.3 Å². The Morgan fingerprint density at radius 1 is 0.741 bits per heavy atom. The molecule has 0 spiro atoms. The lowest BCUT2D eigenvalue weighted by atomic mass is 10.0. The van der Waals surface area contributed by atoms with Crippen molar-refractivity contribution in [1.82, 2.24) is 46.8 Å². The third-order valence-electron chi connectivity index (χ3n) is 9.08. The Balaban J connectivity index is 0.890. The maximum Gasteiger partial charge on any atom is 0.315 e. The predicted octanol–water partition coefficient (Wildman–Crippen LogP) is 1.15. The van der Waals surface area contributed by atoms with E-state index in [-0.39, 0.29) is 60.9 Å². The number of benzene rings is 1. The van der Waals surface area contributed by atoms with Crippen molar-refractivity contribution in [3.05, 3.63) is 30.1 Å². The molecule has 3 heterocycles. The number of ether oxygens (including phenoxy) is 3. The van der Waals surface area contributed by atoms with E-state index in [9.17, 15) is 28.8 Å². The Kier molecular flexibility index (Phi) is 20.7. The molecule has 0 saturated carbocycles. The molecule has 0 radical (unpaired) electrons. The van der Waals surface area contributed by atoms with Crippen molar-refractivity contribution in [3.63, 3.8) is 0 Å². The topological polar surface area (TPSA) is 266 Å². The smallest absolute Gasteiger partial charge is 0.315 e. The molecule has 4 rings (SSSR count). The third-order valence-corrected chi connectivity index (χ3v) is 10.6. The van der Waals surface area contributed by atoms with Crippen molar-refractivity contribution < 1.29 is 48.1 Å². The monoisotopic (exact) mass is 832 g/mol. The molecule has 21 heteroatoms. The number of unbranched alkanes of at least 4 members (excludes halogenated alkanes) is 2. The number of anilines is 1. The summed E-state index contributed by atoms with van der Waals surface area (Å²) >= 11 is 1.89. The number of carboxylic acid groups (broad SMARTS) is 1. The fourth-order valence-corrected chi connectivity index (χ4v) is 7.57. The summed E-state index contributed by atoms with van der Waals surface area (Å²) < 4.78 is 16.6. The van der Waals surface area contributed by atoms with Crippen molar-refractivity contribution in [3.8, 4) is 5.69 Å². The van der Waals surface area contributed by atoms with Gasteiger partial charge in [0.15, 0.2) is 0 Å². The quantitative estimate of drug-likeness (QED) is 0.0430. The zero-order chi connectivity index (χ0) is 41.4. The van der Waals surface area contributed by atoms with Crippen LogP contribution in [0.3, 0.4) is 0 Å². The second kappa shape index (κ2) is 26.2. The number of amides is 6. The number of hydrogen-bond acceptors (Lipinski definition) is 13. The van der Waals surface area contributed by atoms with Crippen molar-refractivity contribution in [2.75, 3.05) is 70.3 Å². The molecule has 58 heavy (non-hydrogen) atoms. The van der Waals surface area contributed by atoms with Crippen molar-refractivity contribution in [2.24, 2.45) is 0 Å². The van der Waals surface area contributed by atoms with Gasteiger partial charge in [0.2, 0.25) is 17.7 Å². The van der Waals surface area contributed by atoms with Crippen molar-refractivity contribution >= 4 is 53.1 Å². The van der Waals surface area contributed by atoms with Crippen LogP contribution in [0.2, 0.25) is 0 Å². The lowest BCUT2D eigenvalue weighted by Crippen LogP contribution is -2.36. The first kappa shape index (κ1) is 45.8. The van der Waals surface area contributed by atoms with Crippen LogP contribution >= 0.6 is 11.8 Å². The Morgan fingerprint density at radius 3 is 2.05 bits per heavy atom. The molecule has 3 atom stereocenters. The zero-order valence-corrected chi connectivity index (χ0v) is 33.5. The molecule has 0 bridgehead atoms. The molecule has 1 aromatic carbocycles. The van der Waals surface area contributed by atoms with E-state index in [1.54, 1.807) is 24.3 Å². The highest BCUT2D eigenvalue weighted by molar-refractivity contribution is 8.00. The first-order valence-electron chi connectivity index (χ1n) is 19.8. The van der Waals surface area contributed by atoms with Crippen LogP contribution in [-0.2, 0) is 33.4 Å². The van der Waals surface area contributed by atoms with Gasteiger partial charge in [0.1, 0.15) is 0 Å². The van der Waals surface area contributed by atoms with Crippen LogP contribution in [0.15, 0.2) is 24.3 Å². The fraction of sp³-hybridized carbons (Fsp3) is 0.649. The number of fused-ring (bicyclic) bond motifs is 1. The summed E-state index contributed by atoms with van der Waals surface area (Å²) in [4.78, 5) is 72.0. The summed E-state index contributed by atoms with van der Waals surface area (Å²) in [6.07, 6.45) is 5.67. The van der Waals surface area contributed by atoms with Gasteiger partial charge in [-0.05, 0) is 68.0 Å². The Labute approximate surface area is 341 Å². The van der Waals surface area contributed by atoms with Crippen LogP contribution in [-0.4, -0.2) is 143 Å². The van der Waals surface area contributed by atoms with Crippen molar-refractivity contribution in [2.45, 2.75) is 88.0 Å². The minimum Gasteiger partial charge on any atom is -0.481 e. The number of carbonyl (C=O) groups excluding carboxylic acids is 5. The number of carbonyl (C=O) groups is 6. The second-order valence-corrected chi connectivity index (χ2v) is 15.0. The summed E-state index contributed by atoms with van der Waals surface area (Å²) in [5, 5.41) is 37.8. The van der Waals surface area contributed by atoms with E-state index >= 15 is 0 Å². The van der Waals surface area contributed by atoms with Gasteiger partial charge in [-0.3, -0.25) is 24.0 Å². The number of thioether (sulfide) groups is 1. The number of tetrazole rings is 1. The highest BCUT2D eigenvalue weighted by Crippen LogP contribution is 2.33. The van der Waals surface area contributed by atoms with Crippen LogP contribution in [0.5, 0.6) is 0 Å². The molecular weight excluding hydrogens is 777 g/mol. The molecule has 0 unspecified atom stereocenters. The summed E-state index contributed by atoms with van der Waals surface area (Å²) in [7, 11) is 0. The van der Waals surface area contributed by atoms with Gasteiger partial charge in [0.05, 0.1) is 44.2 Å². The predicted molar refractivity (Wildman–Crippen MR) is 213 cm³/mol.